The van der Waals surface area contributed by atoms with Crippen LogP contribution < -0.4 is 0 Å². The van der Waals surface area contributed by atoms with Crippen molar-refractivity contribution >= 4 is 0 Å². The van der Waals surface area contributed by atoms with Crippen molar-refractivity contribution in [2.75, 3.05) is 0 Å². The zero-order valence-corrected chi connectivity index (χ0v) is 27.0. The van der Waals surface area contributed by atoms with Crippen LogP contribution in [-0.4, -0.2) is 9.55 Å². The van der Waals surface area contributed by atoms with Gasteiger partial charge in [-0.3, -0.25) is 0 Å². The predicted octanol–water partition coefficient (Wildman–Crippen LogP) is 12.2. The molecule has 0 atom stereocenters. The third-order valence-electron chi connectivity index (χ3n) is 8.66. The highest BCUT2D eigenvalue weighted by atomic mass is 15.1. The maximum Gasteiger partial charge on any atom is 0.108 e. The van der Waals surface area contributed by atoms with E-state index in [2.05, 4.69) is 54.9 Å². The largest absolute Gasteiger partial charge is 0.335 e. The summed E-state index contributed by atoms with van der Waals surface area (Å²) in [5.41, 5.74) is 2.76. The van der Waals surface area contributed by atoms with Crippen LogP contribution in [0.15, 0.2) is 36.5 Å². The van der Waals surface area contributed by atoms with Gasteiger partial charge in [0.25, 0.3) is 0 Å². The average Bonchev–Trinajstić information content (AvgIpc) is 3.36. The smallest absolute Gasteiger partial charge is 0.108 e. The number of hydrogen-bond acceptors (Lipinski definition) is 1. The maximum atomic E-state index is 5.15. The Morgan fingerprint density at radius 3 is 1.48 bits per heavy atom. The fourth-order valence-corrected chi connectivity index (χ4v) is 6.04. The standard InChI is InChI=1S/C38H66N2/c1-3-5-7-9-11-13-14-15-16-17-18-20-22-27-34-40-35-37(32-28-31-36-29-24-23-25-30-36)39-38(40)33-26-21-19-12-10-8-6-4-2/h23-25,29-30,35H,3-22,26-28,31-34H2,1-2H3. The Morgan fingerprint density at radius 1 is 0.475 bits per heavy atom. The van der Waals surface area contributed by atoms with Crippen LogP contribution in [0.4, 0.5) is 0 Å². The summed E-state index contributed by atoms with van der Waals surface area (Å²) in [5, 5.41) is 0. The first-order valence-corrected chi connectivity index (χ1v) is 17.9. The van der Waals surface area contributed by atoms with Gasteiger partial charge in [-0.15, -0.1) is 0 Å². The Morgan fingerprint density at radius 2 is 0.950 bits per heavy atom. The van der Waals surface area contributed by atoms with Gasteiger partial charge < -0.3 is 4.57 Å². The summed E-state index contributed by atoms with van der Waals surface area (Å²) in [5.74, 6) is 1.36. The lowest BCUT2D eigenvalue weighted by Crippen LogP contribution is -2.03. The molecule has 1 heterocycles. The van der Waals surface area contributed by atoms with Crippen molar-refractivity contribution in [1.82, 2.24) is 9.55 Å². The molecule has 0 spiro atoms. The number of aromatic nitrogens is 2. The van der Waals surface area contributed by atoms with E-state index in [-0.39, 0.29) is 0 Å². The lowest BCUT2D eigenvalue weighted by atomic mass is 10.0. The molecule has 1 aromatic carbocycles. The van der Waals surface area contributed by atoms with Crippen molar-refractivity contribution in [3.05, 3.63) is 53.6 Å². The normalized spacial score (nSPS) is 11.4. The molecule has 0 fully saturated rings. The van der Waals surface area contributed by atoms with Gasteiger partial charge in [0, 0.05) is 19.2 Å². The highest BCUT2D eigenvalue weighted by molar-refractivity contribution is 5.15. The van der Waals surface area contributed by atoms with E-state index in [4.69, 9.17) is 4.98 Å². The van der Waals surface area contributed by atoms with Gasteiger partial charge in [-0.1, -0.05) is 173 Å². The Hall–Kier alpha value is -1.57. The Bertz CT molecular complexity index is 793. The van der Waals surface area contributed by atoms with E-state index >= 15 is 0 Å². The van der Waals surface area contributed by atoms with Crippen LogP contribution in [0.25, 0.3) is 0 Å². The van der Waals surface area contributed by atoms with Crippen LogP contribution in [0.1, 0.15) is 179 Å². The molecule has 0 radical (unpaired) electrons. The van der Waals surface area contributed by atoms with Crippen molar-refractivity contribution < 1.29 is 0 Å². The van der Waals surface area contributed by atoms with Crippen molar-refractivity contribution in [2.45, 2.75) is 187 Å². The van der Waals surface area contributed by atoms with Gasteiger partial charge in [0.05, 0.1) is 5.69 Å². The summed E-state index contributed by atoms with van der Waals surface area (Å²) in [7, 11) is 0. The molecule has 2 aromatic rings. The highest BCUT2D eigenvalue weighted by Gasteiger charge is 2.08. The molecule has 1 aromatic heterocycles. The summed E-state index contributed by atoms with van der Waals surface area (Å²) < 4.78 is 2.53. The molecule has 2 rings (SSSR count). The molecule has 0 bridgehead atoms. The molecule has 0 aliphatic heterocycles. The lowest BCUT2D eigenvalue weighted by molar-refractivity contribution is 0.516. The quantitative estimate of drug-likeness (QED) is 0.0963. The van der Waals surface area contributed by atoms with Gasteiger partial charge in [-0.2, -0.15) is 0 Å². The first-order valence-electron chi connectivity index (χ1n) is 17.9. The summed E-state index contributed by atoms with van der Waals surface area (Å²) in [6, 6.07) is 10.9. The van der Waals surface area contributed by atoms with Crippen LogP contribution >= 0.6 is 0 Å². The van der Waals surface area contributed by atoms with Gasteiger partial charge in [-0.25, -0.2) is 4.98 Å². The molecule has 0 aliphatic carbocycles. The molecule has 40 heavy (non-hydrogen) atoms. The number of unbranched alkanes of at least 4 members (excludes halogenated alkanes) is 20. The summed E-state index contributed by atoms with van der Waals surface area (Å²) in [6.45, 7) is 5.77. The number of rotatable bonds is 28. The molecule has 0 unspecified atom stereocenters. The van der Waals surface area contributed by atoms with Crippen molar-refractivity contribution in [3.8, 4) is 0 Å². The average molecular weight is 551 g/mol. The molecule has 2 heteroatoms. The van der Waals surface area contributed by atoms with E-state index in [1.165, 1.54) is 165 Å². The predicted molar refractivity (Wildman–Crippen MR) is 177 cm³/mol. The molecule has 0 saturated carbocycles. The van der Waals surface area contributed by atoms with Gasteiger partial charge in [-0.05, 0) is 37.7 Å². The molecule has 0 saturated heterocycles. The lowest BCUT2D eigenvalue weighted by Gasteiger charge is -2.08. The second-order valence-electron chi connectivity index (χ2n) is 12.5. The molecule has 2 nitrogen and oxygen atoms in total. The highest BCUT2D eigenvalue weighted by Crippen LogP contribution is 2.17. The SMILES string of the molecule is CCCCCCCCCCCCCCCCn1cc(CCCc2ccccc2)nc1CCCCCCCCCC. The van der Waals surface area contributed by atoms with E-state index in [0.29, 0.717) is 0 Å². The first-order chi connectivity index (χ1) is 19.8. The monoisotopic (exact) mass is 551 g/mol. The maximum absolute atomic E-state index is 5.15. The number of imidazole rings is 1. The van der Waals surface area contributed by atoms with Crippen LogP contribution in [0.2, 0.25) is 0 Å². The van der Waals surface area contributed by atoms with Crippen molar-refractivity contribution in [2.24, 2.45) is 0 Å². The Kier molecular flexibility index (Phi) is 21.8. The molecule has 0 aliphatic rings. The molecule has 0 amide bonds. The van der Waals surface area contributed by atoms with E-state index in [9.17, 15) is 0 Å². The molecule has 228 valence electrons. The van der Waals surface area contributed by atoms with Gasteiger partial charge in [0.2, 0.25) is 0 Å². The second kappa shape index (κ2) is 25.2. The minimum absolute atomic E-state index is 1.10. The van der Waals surface area contributed by atoms with Gasteiger partial charge in [0.15, 0.2) is 0 Å². The van der Waals surface area contributed by atoms with Crippen LogP contribution in [0.5, 0.6) is 0 Å². The third kappa shape index (κ3) is 18.0. The fraction of sp³-hybridized carbons (Fsp3) is 0.763. The van der Waals surface area contributed by atoms with Crippen LogP contribution in [-0.2, 0) is 25.8 Å². The van der Waals surface area contributed by atoms with Crippen molar-refractivity contribution in [3.63, 3.8) is 0 Å². The number of nitrogens with zero attached hydrogens (tertiary/aromatic N) is 2. The molecule has 0 N–H and O–H groups in total. The molecular formula is C38H66N2. The fourth-order valence-electron chi connectivity index (χ4n) is 6.04. The third-order valence-corrected chi connectivity index (χ3v) is 8.66. The summed E-state index contributed by atoms with van der Waals surface area (Å²) in [6.07, 6.45) is 38.0. The topological polar surface area (TPSA) is 17.8 Å². The van der Waals surface area contributed by atoms with E-state index in [1.54, 1.807) is 0 Å². The minimum atomic E-state index is 1.10. The van der Waals surface area contributed by atoms with Crippen molar-refractivity contribution in [1.29, 1.82) is 0 Å². The first kappa shape index (κ1) is 34.6. The van der Waals surface area contributed by atoms with E-state index in [0.717, 1.165) is 25.8 Å². The number of hydrogen-bond donors (Lipinski definition) is 0. The summed E-state index contributed by atoms with van der Waals surface area (Å²) in [4.78, 5) is 5.15. The zero-order chi connectivity index (χ0) is 28.4. The van der Waals surface area contributed by atoms with Crippen LogP contribution in [0.3, 0.4) is 0 Å². The molecular weight excluding hydrogens is 484 g/mol. The minimum Gasteiger partial charge on any atom is -0.335 e. The summed E-state index contributed by atoms with van der Waals surface area (Å²) >= 11 is 0. The Balaban J connectivity index is 1.62. The zero-order valence-electron chi connectivity index (χ0n) is 27.0. The van der Waals surface area contributed by atoms with Crippen LogP contribution in [0, 0.1) is 0 Å². The van der Waals surface area contributed by atoms with E-state index < -0.39 is 0 Å². The second-order valence-corrected chi connectivity index (χ2v) is 12.5. The van der Waals surface area contributed by atoms with Gasteiger partial charge >= 0.3 is 0 Å². The van der Waals surface area contributed by atoms with E-state index in [1.807, 2.05) is 0 Å². The number of benzene rings is 1. The Labute approximate surface area is 250 Å². The number of aryl methyl sites for hydroxylation is 4. The van der Waals surface area contributed by atoms with Gasteiger partial charge in [0.1, 0.15) is 5.82 Å².